The van der Waals surface area contributed by atoms with Crippen LogP contribution in [0.25, 0.3) is 0 Å². The third-order valence-corrected chi connectivity index (χ3v) is 2.21. The second-order valence-corrected chi connectivity index (χ2v) is 3.56. The van der Waals surface area contributed by atoms with E-state index in [9.17, 15) is 22.8 Å². The van der Waals surface area contributed by atoms with Crippen LogP contribution in [0, 0.1) is 0 Å². The van der Waals surface area contributed by atoms with Crippen LogP contribution in [-0.4, -0.2) is 25.5 Å². The van der Waals surface area contributed by atoms with Gasteiger partial charge < -0.3 is 15.8 Å². The van der Waals surface area contributed by atoms with Gasteiger partial charge in [-0.3, -0.25) is 9.59 Å². The number of hydrogen-bond acceptors (Lipinski definition) is 4. The minimum Gasteiger partial charge on any atom is -0.468 e. The Bertz CT molecular complexity index is 500. The van der Waals surface area contributed by atoms with E-state index in [-0.39, 0.29) is 5.69 Å². The van der Waals surface area contributed by atoms with Gasteiger partial charge in [0, 0.05) is 5.69 Å². The van der Waals surface area contributed by atoms with Crippen molar-refractivity contribution in [3.05, 3.63) is 29.3 Å². The fourth-order valence-corrected chi connectivity index (χ4v) is 1.31. The van der Waals surface area contributed by atoms with Gasteiger partial charge in [-0.1, -0.05) is 0 Å². The van der Waals surface area contributed by atoms with Crippen molar-refractivity contribution in [2.24, 2.45) is 0 Å². The fraction of sp³-hybridized carbons (Fsp3) is 0.273. The maximum Gasteiger partial charge on any atom is 0.417 e. The van der Waals surface area contributed by atoms with Crippen LogP contribution in [0.4, 0.5) is 18.9 Å². The maximum absolute atomic E-state index is 12.7. The molecule has 0 spiro atoms. The summed E-state index contributed by atoms with van der Waals surface area (Å²) in [7, 11) is 1.10. The van der Waals surface area contributed by atoms with Crippen LogP contribution in [0.3, 0.4) is 0 Å². The number of nitrogens with two attached hydrogens (primary N) is 1. The summed E-state index contributed by atoms with van der Waals surface area (Å²) in [5.74, 6) is -1.80. The van der Waals surface area contributed by atoms with Crippen LogP contribution in [0.5, 0.6) is 0 Å². The molecule has 104 valence electrons. The summed E-state index contributed by atoms with van der Waals surface area (Å²) < 4.78 is 42.4. The first-order valence-electron chi connectivity index (χ1n) is 5.07. The number of ether oxygens (including phenoxy) is 1. The molecule has 0 aliphatic heterocycles. The minimum atomic E-state index is -4.71. The van der Waals surface area contributed by atoms with Crippen molar-refractivity contribution in [3.63, 3.8) is 0 Å². The van der Waals surface area contributed by atoms with E-state index in [0.29, 0.717) is 6.07 Å². The number of hydrogen-bond donors (Lipinski definition) is 2. The Morgan fingerprint density at radius 2 is 2.00 bits per heavy atom. The number of carbonyl (C=O) groups is 2. The zero-order valence-corrected chi connectivity index (χ0v) is 9.88. The first kappa shape index (κ1) is 14.8. The zero-order valence-electron chi connectivity index (χ0n) is 9.88. The van der Waals surface area contributed by atoms with E-state index in [1.54, 1.807) is 0 Å². The molecule has 0 unspecified atom stereocenters. The number of rotatable bonds is 3. The molecule has 19 heavy (non-hydrogen) atoms. The van der Waals surface area contributed by atoms with Gasteiger partial charge in [0.2, 0.25) is 0 Å². The van der Waals surface area contributed by atoms with Crippen molar-refractivity contribution in [3.8, 4) is 0 Å². The summed E-state index contributed by atoms with van der Waals surface area (Å²) in [6, 6.07) is 2.78. The second kappa shape index (κ2) is 5.59. The van der Waals surface area contributed by atoms with Crippen molar-refractivity contribution in [1.29, 1.82) is 0 Å². The first-order chi connectivity index (χ1) is 8.75. The third-order valence-electron chi connectivity index (χ3n) is 2.21. The van der Waals surface area contributed by atoms with E-state index >= 15 is 0 Å². The van der Waals surface area contributed by atoms with Crippen LogP contribution in [0.15, 0.2) is 18.2 Å². The monoisotopic (exact) mass is 276 g/mol. The molecule has 0 bridgehead atoms. The Morgan fingerprint density at radius 3 is 2.53 bits per heavy atom. The SMILES string of the molecule is COC(=O)CNC(=O)c1ccc(N)cc1C(F)(F)F. The fourth-order valence-electron chi connectivity index (χ4n) is 1.31. The van der Waals surface area contributed by atoms with Crippen molar-refractivity contribution in [2.45, 2.75) is 6.18 Å². The Kier molecular flexibility index (Phi) is 4.36. The summed E-state index contributed by atoms with van der Waals surface area (Å²) in [6.07, 6.45) is -4.71. The summed E-state index contributed by atoms with van der Waals surface area (Å²) >= 11 is 0. The summed E-state index contributed by atoms with van der Waals surface area (Å²) in [4.78, 5) is 22.4. The smallest absolute Gasteiger partial charge is 0.417 e. The van der Waals surface area contributed by atoms with Crippen molar-refractivity contribution in [1.82, 2.24) is 5.32 Å². The standard InChI is InChI=1S/C11H11F3N2O3/c1-19-9(17)5-16-10(18)7-3-2-6(15)4-8(7)11(12,13)14/h2-4H,5,15H2,1H3,(H,16,18). The molecular formula is C11H11F3N2O3. The number of carbonyl (C=O) groups excluding carboxylic acids is 2. The van der Waals surface area contributed by atoms with E-state index < -0.39 is 35.7 Å². The van der Waals surface area contributed by atoms with Crippen molar-refractivity contribution >= 4 is 17.6 Å². The number of nitrogens with one attached hydrogen (secondary N) is 1. The highest BCUT2D eigenvalue weighted by Gasteiger charge is 2.35. The lowest BCUT2D eigenvalue weighted by molar-refractivity contribution is -0.139. The lowest BCUT2D eigenvalue weighted by atomic mass is 10.1. The number of methoxy groups -OCH3 is 1. The van der Waals surface area contributed by atoms with Gasteiger partial charge in [0.1, 0.15) is 6.54 Å². The Balaban J connectivity index is 3.00. The van der Waals surface area contributed by atoms with E-state index in [2.05, 4.69) is 4.74 Å². The molecule has 0 aliphatic rings. The predicted octanol–water partition coefficient (Wildman–Crippen LogP) is 1.19. The molecule has 5 nitrogen and oxygen atoms in total. The van der Waals surface area contributed by atoms with Crippen LogP contribution in [0.1, 0.15) is 15.9 Å². The Labute approximate surface area is 106 Å². The lowest BCUT2D eigenvalue weighted by Gasteiger charge is -2.13. The zero-order chi connectivity index (χ0) is 14.6. The predicted molar refractivity (Wildman–Crippen MR) is 60.2 cm³/mol. The number of anilines is 1. The average Bonchev–Trinajstić information content (AvgIpc) is 2.34. The molecule has 0 radical (unpaired) electrons. The minimum absolute atomic E-state index is 0.114. The molecule has 0 aromatic heterocycles. The summed E-state index contributed by atoms with van der Waals surface area (Å²) in [5.41, 5.74) is 3.38. The quantitative estimate of drug-likeness (QED) is 0.642. The van der Waals surface area contributed by atoms with Crippen LogP contribution in [0.2, 0.25) is 0 Å². The van der Waals surface area contributed by atoms with Crippen molar-refractivity contribution < 1.29 is 27.5 Å². The highest BCUT2D eigenvalue weighted by molar-refractivity contribution is 5.97. The van der Waals surface area contributed by atoms with Gasteiger partial charge in [-0.2, -0.15) is 13.2 Å². The molecule has 1 aromatic rings. The molecule has 3 N–H and O–H groups in total. The summed E-state index contributed by atoms with van der Waals surface area (Å²) in [6.45, 7) is -0.517. The molecule has 1 aromatic carbocycles. The van der Waals surface area contributed by atoms with Crippen LogP contribution < -0.4 is 11.1 Å². The maximum atomic E-state index is 12.7. The number of nitrogen functional groups attached to an aromatic ring is 1. The van der Waals surface area contributed by atoms with Crippen molar-refractivity contribution in [2.75, 3.05) is 19.4 Å². The van der Waals surface area contributed by atoms with Gasteiger partial charge in [0.15, 0.2) is 0 Å². The highest BCUT2D eigenvalue weighted by atomic mass is 19.4. The highest BCUT2D eigenvalue weighted by Crippen LogP contribution is 2.33. The van der Waals surface area contributed by atoms with Crippen LogP contribution >= 0.6 is 0 Å². The molecule has 8 heteroatoms. The van der Waals surface area contributed by atoms with Gasteiger partial charge in [-0.15, -0.1) is 0 Å². The molecule has 0 saturated heterocycles. The molecular weight excluding hydrogens is 265 g/mol. The molecule has 0 saturated carbocycles. The molecule has 0 atom stereocenters. The molecule has 1 amide bonds. The third kappa shape index (κ3) is 3.87. The Morgan fingerprint density at radius 1 is 1.37 bits per heavy atom. The number of halogens is 3. The molecule has 0 fully saturated rings. The number of amides is 1. The Hall–Kier alpha value is -2.25. The van der Waals surface area contributed by atoms with Gasteiger partial charge in [-0.05, 0) is 18.2 Å². The van der Waals surface area contributed by atoms with Crippen LogP contribution in [-0.2, 0) is 15.7 Å². The van der Waals surface area contributed by atoms with E-state index in [0.717, 1.165) is 13.2 Å². The topological polar surface area (TPSA) is 81.4 Å². The van der Waals surface area contributed by atoms with E-state index in [1.165, 1.54) is 6.07 Å². The average molecular weight is 276 g/mol. The summed E-state index contributed by atoms with van der Waals surface area (Å²) in [5, 5.41) is 2.03. The lowest BCUT2D eigenvalue weighted by Crippen LogP contribution is -2.31. The molecule has 1 rings (SSSR count). The largest absolute Gasteiger partial charge is 0.468 e. The number of alkyl halides is 3. The van der Waals surface area contributed by atoms with Gasteiger partial charge in [0.25, 0.3) is 5.91 Å². The van der Waals surface area contributed by atoms with E-state index in [4.69, 9.17) is 5.73 Å². The van der Waals surface area contributed by atoms with Gasteiger partial charge in [0.05, 0.1) is 18.2 Å². The first-order valence-corrected chi connectivity index (χ1v) is 5.07. The van der Waals surface area contributed by atoms with E-state index in [1.807, 2.05) is 5.32 Å². The number of esters is 1. The second-order valence-electron chi connectivity index (χ2n) is 3.56. The number of benzene rings is 1. The van der Waals surface area contributed by atoms with Gasteiger partial charge >= 0.3 is 12.1 Å². The molecule has 0 aliphatic carbocycles. The van der Waals surface area contributed by atoms with Gasteiger partial charge in [-0.25, -0.2) is 0 Å². The normalized spacial score (nSPS) is 10.9. The molecule has 0 heterocycles.